The second-order valence-electron chi connectivity index (χ2n) is 7.66. The molecule has 0 aliphatic heterocycles. The maximum Gasteiger partial charge on any atom is 0.257 e. The predicted octanol–water partition coefficient (Wildman–Crippen LogP) is 4.75. The lowest BCUT2D eigenvalue weighted by Gasteiger charge is -2.14. The standard InChI is InChI=1S/C24H28ClN5O/c1-15-7-6-8-19(13-15)23(31)28-24(27-22-10-9-20(25)14-16(22)2)26-12-11-21-17(3)29-30(5)18(21)4/h6-10,13-14H,11-12H2,1-5H3,(H2,26,27,28,31). The van der Waals surface area contributed by atoms with Crippen LogP contribution in [0.5, 0.6) is 0 Å². The van der Waals surface area contributed by atoms with E-state index in [0.29, 0.717) is 23.1 Å². The molecule has 3 aromatic rings. The van der Waals surface area contributed by atoms with Crippen molar-refractivity contribution >= 4 is 29.2 Å². The van der Waals surface area contributed by atoms with Gasteiger partial charge in [0.15, 0.2) is 0 Å². The number of aliphatic imine (C=N–C) groups is 1. The Morgan fingerprint density at radius 3 is 2.55 bits per heavy atom. The van der Waals surface area contributed by atoms with Gasteiger partial charge < -0.3 is 5.32 Å². The number of halogens is 1. The van der Waals surface area contributed by atoms with Crippen molar-refractivity contribution < 1.29 is 4.79 Å². The second-order valence-corrected chi connectivity index (χ2v) is 8.10. The van der Waals surface area contributed by atoms with Crippen LogP contribution in [0.4, 0.5) is 5.69 Å². The van der Waals surface area contributed by atoms with Crippen LogP contribution in [-0.2, 0) is 13.5 Å². The molecule has 3 rings (SSSR count). The Hall–Kier alpha value is -3.12. The van der Waals surface area contributed by atoms with Crippen LogP contribution in [-0.4, -0.2) is 28.2 Å². The minimum absolute atomic E-state index is 0.213. The highest BCUT2D eigenvalue weighted by Gasteiger charge is 2.12. The van der Waals surface area contributed by atoms with Crippen molar-refractivity contribution in [2.45, 2.75) is 34.1 Å². The van der Waals surface area contributed by atoms with Crippen molar-refractivity contribution in [3.05, 3.63) is 81.1 Å². The van der Waals surface area contributed by atoms with Gasteiger partial charge in [0.2, 0.25) is 5.96 Å². The third-order valence-electron chi connectivity index (χ3n) is 5.24. The van der Waals surface area contributed by atoms with Gasteiger partial charge in [0.05, 0.1) is 5.69 Å². The topological polar surface area (TPSA) is 71.3 Å². The number of rotatable bonds is 5. The molecule has 1 aromatic heterocycles. The molecule has 7 heteroatoms. The predicted molar refractivity (Wildman–Crippen MR) is 127 cm³/mol. The zero-order valence-corrected chi connectivity index (χ0v) is 19.3. The Balaban J connectivity index is 1.82. The summed E-state index contributed by atoms with van der Waals surface area (Å²) < 4.78 is 1.88. The summed E-state index contributed by atoms with van der Waals surface area (Å²) in [5, 5.41) is 11.3. The fourth-order valence-corrected chi connectivity index (χ4v) is 3.66. The number of anilines is 1. The number of carbonyl (C=O) groups excluding carboxylic acids is 1. The smallest absolute Gasteiger partial charge is 0.257 e. The fourth-order valence-electron chi connectivity index (χ4n) is 3.43. The van der Waals surface area contributed by atoms with E-state index in [9.17, 15) is 4.79 Å². The Labute approximate surface area is 188 Å². The molecule has 0 bridgehead atoms. The van der Waals surface area contributed by atoms with E-state index in [2.05, 4.69) is 27.6 Å². The number of aryl methyl sites for hydroxylation is 4. The molecule has 2 N–H and O–H groups in total. The molecule has 2 aromatic carbocycles. The van der Waals surface area contributed by atoms with E-state index in [1.165, 1.54) is 5.56 Å². The highest BCUT2D eigenvalue weighted by molar-refractivity contribution is 6.30. The molecule has 0 saturated carbocycles. The van der Waals surface area contributed by atoms with Crippen LogP contribution < -0.4 is 10.6 Å². The summed E-state index contributed by atoms with van der Waals surface area (Å²) in [5.41, 5.74) is 6.71. The maximum absolute atomic E-state index is 12.8. The minimum Gasteiger partial charge on any atom is -0.326 e. The summed E-state index contributed by atoms with van der Waals surface area (Å²) >= 11 is 6.08. The molecule has 0 atom stereocenters. The quantitative estimate of drug-likeness (QED) is 0.447. The molecule has 1 heterocycles. The van der Waals surface area contributed by atoms with E-state index in [1.807, 2.05) is 62.8 Å². The fraction of sp³-hybridized carbons (Fsp3) is 0.292. The molecule has 162 valence electrons. The molecule has 0 aliphatic rings. The largest absolute Gasteiger partial charge is 0.326 e. The Morgan fingerprint density at radius 2 is 1.90 bits per heavy atom. The number of carbonyl (C=O) groups is 1. The maximum atomic E-state index is 12.8. The van der Waals surface area contributed by atoms with Gasteiger partial charge in [-0.15, -0.1) is 0 Å². The van der Waals surface area contributed by atoms with Crippen molar-refractivity contribution in [3.63, 3.8) is 0 Å². The van der Waals surface area contributed by atoms with E-state index in [4.69, 9.17) is 11.6 Å². The van der Waals surface area contributed by atoms with Crippen molar-refractivity contribution in [2.24, 2.45) is 12.0 Å². The van der Waals surface area contributed by atoms with Gasteiger partial charge in [0.1, 0.15) is 0 Å². The van der Waals surface area contributed by atoms with E-state index in [0.717, 1.165) is 34.6 Å². The van der Waals surface area contributed by atoms with E-state index >= 15 is 0 Å². The summed E-state index contributed by atoms with van der Waals surface area (Å²) in [4.78, 5) is 17.5. The number of nitrogens with zero attached hydrogens (tertiary/aromatic N) is 3. The normalized spacial score (nSPS) is 11.5. The molecule has 6 nitrogen and oxygen atoms in total. The van der Waals surface area contributed by atoms with Crippen molar-refractivity contribution in [1.29, 1.82) is 0 Å². The van der Waals surface area contributed by atoms with Crippen LogP contribution >= 0.6 is 11.6 Å². The van der Waals surface area contributed by atoms with Gasteiger partial charge in [-0.05, 0) is 75.6 Å². The highest BCUT2D eigenvalue weighted by Crippen LogP contribution is 2.19. The van der Waals surface area contributed by atoms with Gasteiger partial charge in [-0.2, -0.15) is 5.10 Å². The Kier molecular flexibility index (Phi) is 7.13. The van der Waals surface area contributed by atoms with Gasteiger partial charge in [0, 0.05) is 35.6 Å². The SMILES string of the molecule is Cc1cccc(C(=O)NC(=NCCc2c(C)nn(C)c2C)Nc2ccc(Cl)cc2C)c1. The summed E-state index contributed by atoms with van der Waals surface area (Å²) in [6.45, 7) is 8.48. The monoisotopic (exact) mass is 437 g/mol. The zero-order chi connectivity index (χ0) is 22.5. The molecule has 1 amide bonds. The Morgan fingerprint density at radius 1 is 1.13 bits per heavy atom. The first-order valence-electron chi connectivity index (χ1n) is 10.2. The molecule has 0 spiro atoms. The first kappa shape index (κ1) is 22.6. The van der Waals surface area contributed by atoms with Gasteiger partial charge >= 0.3 is 0 Å². The number of amides is 1. The number of guanidine groups is 1. The van der Waals surface area contributed by atoms with Crippen molar-refractivity contribution in [3.8, 4) is 0 Å². The van der Waals surface area contributed by atoms with Gasteiger partial charge in [0.25, 0.3) is 5.91 Å². The molecule has 0 unspecified atom stereocenters. The van der Waals surface area contributed by atoms with Crippen LogP contribution in [0.3, 0.4) is 0 Å². The number of hydrogen-bond donors (Lipinski definition) is 2. The molecule has 0 radical (unpaired) electrons. The van der Waals surface area contributed by atoms with E-state index in [1.54, 1.807) is 12.1 Å². The molecular formula is C24H28ClN5O. The van der Waals surface area contributed by atoms with Crippen LogP contribution in [0.1, 0.15) is 38.4 Å². The summed E-state index contributed by atoms with van der Waals surface area (Å²) in [5.74, 6) is 0.187. The molecule has 0 fully saturated rings. The van der Waals surface area contributed by atoms with E-state index < -0.39 is 0 Å². The summed E-state index contributed by atoms with van der Waals surface area (Å²) in [6.07, 6.45) is 0.733. The number of benzene rings is 2. The van der Waals surface area contributed by atoms with Crippen LogP contribution in [0.25, 0.3) is 0 Å². The molecule has 0 aliphatic carbocycles. The van der Waals surface area contributed by atoms with Crippen LogP contribution in [0.2, 0.25) is 5.02 Å². The summed E-state index contributed by atoms with van der Waals surface area (Å²) in [6, 6.07) is 13.0. The molecule has 31 heavy (non-hydrogen) atoms. The first-order valence-corrected chi connectivity index (χ1v) is 10.6. The number of hydrogen-bond acceptors (Lipinski definition) is 3. The highest BCUT2D eigenvalue weighted by atomic mass is 35.5. The minimum atomic E-state index is -0.213. The van der Waals surface area contributed by atoms with E-state index in [-0.39, 0.29) is 5.91 Å². The Bertz CT molecular complexity index is 1130. The third kappa shape index (κ3) is 5.73. The lowest BCUT2D eigenvalue weighted by Crippen LogP contribution is -2.36. The molecule has 0 saturated heterocycles. The number of nitrogens with one attached hydrogen (secondary N) is 2. The molecular weight excluding hydrogens is 410 g/mol. The average Bonchev–Trinajstić information content (AvgIpc) is 2.95. The lowest BCUT2D eigenvalue weighted by molar-refractivity contribution is 0.0977. The van der Waals surface area contributed by atoms with Gasteiger partial charge in [-0.1, -0.05) is 29.3 Å². The third-order valence-corrected chi connectivity index (χ3v) is 5.48. The zero-order valence-electron chi connectivity index (χ0n) is 18.6. The second kappa shape index (κ2) is 9.79. The van der Waals surface area contributed by atoms with Gasteiger partial charge in [-0.3, -0.25) is 19.8 Å². The van der Waals surface area contributed by atoms with Crippen molar-refractivity contribution in [1.82, 2.24) is 15.1 Å². The van der Waals surface area contributed by atoms with Crippen LogP contribution in [0, 0.1) is 27.7 Å². The van der Waals surface area contributed by atoms with Crippen LogP contribution in [0.15, 0.2) is 47.5 Å². The average molecular weight is 438 g/mol. The number of aromatic nitrogens is 2. The van der Waals surface area contributed by atoms with Gasteiger partial charge in [-0.25, -0.2) is 0 Å². The summed E-state index contributed by atoms with van der Waals surface area (Å²) in [7, 11) is 1.94. The van der Waals surface area contributed by atoms with Crippen molar-refractivity contribution in [2.75, 3.05) is 11.9 Å². The lowest BCUT2D eigenvalue weighted by atomic mass is 10.1. The first-order chi connectivity index (χ1) is 14.7.